The second kappa shape index (κ2) is 5.99. The molecule has 0 bridgehead atoms. The van der Waals surface area contributed by atoms with E-state index >= 15 is 0 Å². The summed E-state index contributed by atoms with van der Waals surface area (Å²) in [5.74, 6) is 0. The molecule has 1 heterocycles. The third-order valence-electron chi connectivity index (χ3n) is 2.71. The average Bonchev–Trinajstić information content (AvgIpc) is 2.33. The van der Waals surface area contributed by atoms with Gasteiger partial charge in [-0.1, -0.05) is 30.3 Å². The van der Waals surface area contributed by atoms with Crippen molar-refractivity contribution in [2.24, 2.45) is 0 Å². The van der Waals surface area contributed by atoms with E-state index in [1.165, 1.54) is 5.56 Å². The molecule has 0 spiro atoms. The van der Waals surface area contributed by atoms with Gasteiger partial charge in [-0.3, -0.25) is 0 Å². The minimum absolute atomic E-state index is 0.324. The van der Waals surface area contributed by atoms with E-state index in [2.05, 4.69) is 24.4 Å². The fourth-order valence-corrected chi connectivity index (χ4v) is 1.73. The van der Waals surface area contributed by atoms with Crippen molar-refractivity contribution in [1.82, 2.24) is 5.32 Å². The molecule has 88 valence electrons. The van der Waals surface area contributed by atoms with Crippen molar-refractivity contribution in [1.29, 1.82) is 0 Å². The zero-order valence-electron chi connectivity index (χ0n) is 9.69. The monoisotopic (exact) mass is 221 g/mol. The molecule has 0 saturated carbocycles. The van der Waals surface area contributed by atoms with Crippen molar-refractivity contribution < 1.29 is 9.47 Å². The Morgan fingerprint density at radius 3 is 2.88 bits per heavy atom. The summed E-state index contributed by atoms with van der Waals surface area (Å²) in [6, 6.07) is 10.6. The molecule has 1 aliphatic heterocycles. The van der Waals surface area contributed by atoms with Crippen molar-refractivity contribution >= 4 is 0 Å². The molecule has 16 heavy (non-hydrogen) atoms. The van der Waals surface area contributed by atoms with Gasteiger partial charge in [0.15, 0.2) is 0 Å². The Labute approximate surface area is 96.8 Å². The topological polar surface area (TPSA) is 30.5 Å². The highest BCUT2D eigenvalue weighted by Gasteiger charge is 2.17. The molecule has 1 fully saturated rings. The minimum Gasteiger partial charge on any atom is -0.375 e. The van der Waals surface area contributed by atoms with Gasteiger partial charge >= 0.3 is 0 Å². The smallest absolute Gasteiger partial charge is 0.0717 e. The van der Waals surface area contributed by atoms with Crippen LogP contribution in [0.1, 0.15) is 12.5 Å². The van der Waals surface area contributed by atoms with Crippen LogP contribution in [-0.2, 0) is 16.1 Å². The molecule has 3 heteroatoms. The lowest BCUT2D eigenvalue weighted by atomic mass is 10.2. The predicted molar refractivity (Wildman–Crippen MR) is 63.3 cm³/mol. The molecule has 1 aromatic carbocycles. The van der Waals surface area contributed by atoms with Crippen molar-refractivity contribution in [2.45, 2.75) is 25.7 Å². The second-order valence-corrected chi connectivity index (χ2v) is 4.25. The van der Waals surface area contributed by atoms with Gasteiger partial charge in [0, 0.05) is 6.54 Å². The summed E-state index contributed by atoms with van der Waals surface area (Å²) in [7, 11) is 0. The van der Waals surface area contributed by atoms with E-state index in [4.69, 9.17) is 9.47 Å². The molecule has 0 unspecified atom stereocenters. The first kappa shape index (κ1) is 11.6. The predicted octanol–water partition coefficient (Wildman–Crippen LogP) is 1.58. The molecule has 1 aromatic rings. The molecule has 0 aliphatic carbocycles. The van der Waals surface area contributed by atoms with Gasteiger partial charge in [-0.2, -0.15) is 0 Å². The van der Waals surface area contributed by atoms with Gasteiger partial charge in [0.25, 0.3) is 0 Å². The van der Waals surface area contributed by atoms with E-state index in [-0.39, 0.29) is 0 Å². The Hall–Kier alpha value is -0.900. The van der Waals surface area contributed by atoms with Gasteiger partial charge < -0.3 is 14.8 Å². The molecule has 2 rings (SSSR count). The maximum atomic E-state index is 5.65. The average molecular weight is 221 g/mol. The highest BCUT2D eigenvalue weighted by molar-refractivity contribution is 5.13. The molecule has 2 atom stereocenters. The second-order valence-electron chi connectivity index (χ2n) is 4.25. The summed E-state index contributed by atoms with van der Waals surface area (Å²) in [6.07, 6.45) is 0.324. The van der Waals surface area contributed by atoms with E-state index in [9.17, 15) is 0 Å². The summed E-state index contributed by atoms with van der Waals surface area (Å²) in [4.78, 5) is 0. The van der Waals surface area contributed by atoms with Crippen LogP contribution in [-0.4, -0.2) is 31.9 Å². The molecule has 1 aliphatic rings. The van der Waals surface area contributed by atoms with Gasteiger partial charge in [0.05, 0.1) is 32.0 Å². The van der Waals surface area contributed by atoms with Gasteiger partial charge in [-0.05, 0) is 12.5 Å². The first-order valence-corrected chi connectivity index (χ1v) is 5.81. The number of morpholine rings is 1. The Kier molecular flexibility index (Phi) is 4.34. The van der Waals surface area contributed by atoms with Crippen LogP contribution in [0.2, 0.25) is 0 Å². The van der Waals surface area contributed by atoms with E-state index in [1.807, 2.05) is 18.2 Å². The standard InChI is InChI=1S/C13H19NO2/c1-11-7-14-13(10-16-11)9-15-8-12-5-3-2-4-6-12/h2-6,11,13-14H,7-10H2,1H3/t11-,13-/m0/s1. The van der Waals surface area contributed by atoms with Crippen LogP contribution in [0, 0.1) is 0 Å². The number of hydrogen-bond acceptors (Lipinski definition) is 3. The van der Waals surface area contributed by atoms with E-state index in [0.717, 1.165) is 13.2 Å². The van der Waals surface area contributed by atoms with Crippen LogP contribution in [0.25, 0.3) is 0 Å². The summed E-state index contributed by atoms with van der Waals surface area (Å²) in [5.41, 5.74) is 1.22. The minimum atomic E-state index is 0.324. The highest BCUT2D eigenvalue weighted by Crippen LogP contribution is 2.04. The molecular formula is C13H19NO2. The molecule has 1 saturated heterocycles. The van der Waals surface area contributed by atoms with E-state index in [1.54, 1.807) is 0 Å². The zero-order chi connectivity index (χ0) is 11.2. The Bertz CT molecular complexity index is 294. The molecule has 0 radical (unpaired) electrons. The number of nitrogens with one attached hydrogen (secondary N) is 1. The van der Waals surface area contributed by atoms with E-state index in [0.29, 0.717) is 25.4 Å². The molecule has 3 nitrogen and oxygen atoms in total. The van der Waals surface area contributed by atoms with Gasteiger partial charge in [0.2, 0.25) is 0 Å². The van der Waals surface area contributed by atoms with Crippen LogP contribution in [0.3, 0.4) is 0 Å². The van der Waals surface area contributed by atoms with E-state index < -0.39 is 0 Å². The van der Waals surface area contributed by atoms with Crippen LogP contribution in [0.15, 0.2) is 30.3 Å². The first-order valence-electron chi connectivity index (χ1n) is 5.81. The molecular weight excluding hydrogens is 202 g/mol. The summed E-state index contributed by atoms with van der Waals surface area (Å²) < 4.78 is 11.2. The number of rotatable bonds is 4. The third-order valence-corrected chi connectivity index (χ3v) is 2.71. The maximum Gasteiger partial charge on any atom is 0.0717 e. The SMILES string of the molecule is C[C@H]1CN[C@@H](COCc2ccccc2)CO1. The maximum absolute atomic E-state index is 5.65. The van der Waals surface area contributed by atoms with Crippen LogP contribution in [0.4, 0.5) is 0 Å². The van der Waals surface area contributed by atoms with Crippen LogP contribution in [0.5, 0.6) is 0 Å². The quantitative estimate of drug-likeness (QED) is 0.837. The van der Waals surface area contributed by atoms with Gasteiger partial charge in [-0.25, -0.2) is 0 Å². The lowest BCUT2D eigenvalue weighted by molar-refractivity contribution is -0.0144. The Balaban J connectivity index is 1.65. The highest BCUT2D eigenvalue weighted by atomic mass is 16.5. The van der Waals surface area contributed by atoms with Gasteiger partial charge in [-0.15, -0.1) is 0 Å². The number of ether oxygens (including phenoxy) is 2. The fraction of sp³-hybridized carbons (Fsp3) is 0.538. The third kappa shape index (κ3) is 3.59. The summed E-state index contributed by atoms with van der Waals surface area (Å²) in [6.45, 7) is 5.12. The van der Waals surface area contributed by atoms with Crippen molar-refractivity contribution in [3.8, 4) is 0 Å². The van der Waals surface area contributed by atoms with Gasteiger partial charge in [0.1, 0.15) is 0 Å². The van der Waals surface area contributed by atoms with Crippen molar-refractivity contribution in [2.75, 3.05) is 19.8 Å². The number of benzene rings is 1. The van der Waals surface area contributed by atoms with Crippen LogP contribution >= 0.6 is 0 Å². The lowest BCUT2D eigenvalue weighted by Gasteiger charge is -2.28. The normalized spacial score (nSPS) is 25.6. The largest absolute Gasteiger partial charge is 0.375 e. The number of hydrogen-bond donors (Lipinski definition) is 1. The van der Waals surface area contributed by atoms with Crippen molar-refractivity contribution in [3.05, 3.63) is 35.9 Å². The Morgan fingerprint density at radius 1 is 1.38 bits per heavy atom. The first-order chi connectivity index (χ1) is 7.84. The lowest BCUT2D eigenvalue weighted by Crippen LogP contribution is -2.47. The molecule has 0 amide bonds. The fourth-order valence-electron chi connectivity index (χ4n) is 1.73. The molecule has 1 N–H and O–H groups in total. The zero-order valence-corrected chi connectivity index (χ0v) is 9.69. The van der Waals surface area contributed by atoms with Crippen LogP contribution < -0.4 is 5.32 Å². The summed E-state index contributed by atoms with van der Waals surface area (Å²) in [5, 5.41) is 3.41. The molecule has 0 aromatic heterocycles. The van der Waals surface area contributed by atoms with Crippen molar-refractivity contribution in [3.63, 3.8) is 0 Å². The Morgan fingerprint density at radius 2 is 2.19 bits per heavy atom. The summed E-state index contributed by atoms with van der Waals surface area (Å²) >= 11 is 0.